The van der Waals surface area contributed by atoms with Crippen molar-refractivity contribution in [3.05, 3.63) is 29.6 Å². The number of thioether (sulfide) groups is 1. The van der Waals surface area contributed by atoms with E-state index in [1.807, 2.05) is 6.07 Å². The molecule has 2 N–H and O–H groups in total. The lowest BCUT2D eigenvalue weighted by Crippen LogP contribution is -2.05. The van der Waals surface area contributed by atoms with Crippen molar-refractivity contribution >= 4 is 16.9 Å². The highest BCUT2D eigenvalue weighted by Gasteiger charge is 1.94. The first-order valence-corrected chi connectivity index (χ1v) is 3.69. The van der Waals surface area contributed by atoms with Crippen molar-refractivity contribution in [3.8, 4) is 0 Å². The highest BCUT2D eigenvalue weighted by molar-refractivity contribution is 8.13. The van der Waals surface area contributed by atoms with Gasteiger partial charge in [0.2, 0.25) is 0 Å². The normalized spacial score (nSPS) is 11.5. The highest BCUT2D eigenvalue weighted by atomic mass is 32.2. The number of nitrogens with zero attached hydrogens (tertiary/aromatic N) is 2. The lowest BCUT2D eigenvalue weighted by atomic mass is 10.5. The van der Waals surface area contributed by atoms with E-state index in [1.165, 1.54) is 0 Å². The third-order valence-electron chi connectivity index (χ3n) is 0.937. The molecule has 11 heavy (non-hydrogen) atoms. The van der Waals surface area contributed by atoms with Gasteiger partial charge in [0.15, 0.2) is 5.17 Å². The maximum Gasteiger partial charge on any atom is 0.155 e. The molecule has 0 aromatic carbocycles. The number of aromatic nitrogens is 1. The molecule has 1 rings (SSSR count). The molecule has 0 saturated carbocycles. The molecule has 4 nitrogen and oxygen atoms in total. The minimum absolute atomic E-state index is 0.0244. The lowest BCUT2D eigenvalue weighted by molar-refractivity contribution is 1.14. The molecule has 0 radical (unpaired) electrons. The second-order valence-corrected chi connectivity index (χ2v) is 2.74. The molecule has 0 atom stereocenters. The van der Waals surface area contributed by atoms with Gasteiger partial charge in [0.1, 0.15) is 5.03 Å². The summed E-state index contributed by atoms with van der Waals surface area (Å²) in [6, 6.07) is 5.35. The van der Waals surface area contributed by atoms with Crippen molar-refractivity contribution in [1.82, 2.24) is 4.98 Å². The molecule has 5 heteroatoms. The van der Waals surface area contributed by atoms with Crippen LogP contribution in [0.25, 0.3) is 0 Å². The van der Waals surface area contributed by atoms with Crippen LogP contribution in [0, 0.1) is 5.21 Å². The molecule has 0 bridgehead atoms. The number of nitrogens with two attached hydrogens (primary N) is 1. The summed E-state index contributed by atoms with van der Waals surface area (Å²) in [5.41, 5.74) is 5.17. The molecule has 0 aliphatic carbocycles. The molecule has 0 aliphatic rings. The third kappa shape index (κ3) is 2.46. The van der Waals surface area contributed by atoms with E-state index in [0.717, 1.165) is 11.8 Å². The van der Waals surface area contributed by atoms with E-state index >= 15 is 0 Å². The van der Waals surface area contributed by atoms with E-state index in [2.05, 4.69) is 10.1 Å². The maximum absolute atomic E-state index is 9.85. The summed E-state index contributed by atoms with van der Waals surface area (Å²) in [5, 5.41) is 13.0. The van der Waals surface area contributed by atoms with Gasteiger partial charge in [0, 0.05) is 6.20 Å². The first-order chi connectivity index (χ1) is 5.33. The van der Waals surface area contributed by atoms with E-state index in [4.69, 9.17) is 5.73 Å². The minimum atomic E-state index is -0.0244. The standard InChI is InChI=1S/C6H7N3OS/c7-6(9-10)11-5-3-1-2-4-8-5/h1-4,10H,(H2,7,9)/p-1. The van der Waals surface area contributed by atoms with Crippen LogP contribution in [0.2, 0.25) is 0 Å². The van der Waals surface area contributed by atoms with Gasteiger partial charge < -0.3 is 10.9 Å². The number of hydrogen-bond donors (Lipinski definition) is 1. The van der Waals surface area contributed by atoms with E-state index in [0.29, 0.717) is 5.03 Å². The Balaban J connectivity index is 2.65. The van der Waals surface area contributed by atoms with Gasteiger partial charge in [-0.3, -0.25) is 5.16 Å². The molecular formula is C6H6N3OS-. The topological polar surface area (TPSA) is 74.3 Å². The van der Waals surface area contributed by atoms with Crippen molar-refractivity contribution in [2.75, 3.05) is 0 Å². The molecule has 1 aromatic heterocycles. The summed E-state index contributed by atoms with van der Waals surface area (Å²) in [5.74, 6) is 0. The van der Waals surface area contributed by atoms with Crippen LogP contribution in [-0.2, 0) is 0 Å². The van der Waals surface area contributed by atoms with Crippen molar-refractivity contribution in [1.29, 1.82) is 0 Å². The molecule has 0 spiro atoms. The van der Waals surface area contributed by atoms with Crippen LogP contribution in [0.4, 0.5) is 0 Å². The maximum atomic E-state index is 9.85. The fourth-order valence-corrected chi connectivity index (χ4v) is 1.04. The van der Waals surface area contributed by atoms with Gasteiger partial charge in [0.25, 0.3) is 0 Å². The summed E-state index contributed by atoms with van der Waals surface area (Å²) < 4.78 is 0. The Morgan fingerprint density at radius 3 is 3.00 bits per heavy atom. The van der Waals surface area contributed by atoms with Crippen LogP contribution in [0.5, 0.6) is 0 Å². The van der Waals surface area contributed by atoms with Gasteiger partial charge in [-0.2, -0.15) is 0 Å². The fraction of sp³-hybridized carbons (Fsp3) is 0. The van der Waals surface area contributed by atoms with E-state index < -0.39 is 0 Å². The van der Waals surface area contributed by atoms with Crippen molar-refractivity contribution in [2.45, 2.75) is 5.03 Å². The summed E-state index contributed by atoms with van der Waals surface area (Å²) in [7, 11) is 0. The molecule has 0 amide bonds. The number of rotatable bonds is 1. The summed E-state index contributed by atoms with van der Waals surface area (Å²) >= 11 is 1.05. The van der Waals surface area contributed by atoms with Crippen LogP contribution in [0.1, 0.15) is 0 Å². The fourth-order valence-electron chi connectivity index (χ4n) is 0.533. The number of hydrogen-bond acceptors (Lipinski definition) is 4. The molecular weight excluding hydrogens is 162 g/mol. The first-order valence-electron chi connectivity index (χ1n) is 2.87. The van der Waals surface area contributed by atoms with Crippen molar-refractivity contribution in [3.63, 3.8) is 0 Å². The number of amidine groups is 1. The second-order valence-electron chi connectivity index (χ2n) is 1.70. The third-order valence-corrected chi connectivity index (χ3v) is 1.67. The zero-order valence-electron chi connectivity index (χ0n) is 5.60. The lowest BCUT2D eigenvalue weighted by Gasteiger charge is -1.99. The van der Waals surface area contributed by atoms with E-state index in [9.17, 15) is 5.21 Å². The molecule has 1 heterocycles. The Bertz CT molecular complexity index is 249. The summed E-state index contributed by atoms with van der Waals surface area (Å²) in [6.45, 7) is 0. The minimum Gasteiger partial charge on any atom is -0.790 e. The second kappa shape index (κ2) is 3.82. The smallest absolute Gasteiger partial charge is 0.155 e. The molecule has 58 valence electrons. The van der Waals surface area contributed by atoms with Gasteiger partial charge in [-0.05, 0) is 23.9 Å². The Hall–Kier alpha value is -1.23. The predicted molar refractivity (Wildman–Crippen MR) is 45.1 cm³/mol. The van der Waals surface area contributed by atoms with Crippen LogP contribution < -0.4 is 5.73 Å². The Labute approximate surface area is 68.1 Å². The molecule has 0 aliphatic heterocycles. The summed E-state index contributed by atoms with van der Waals surface area (Å²) in [6.07, 6.45) is 1.63. The van der Waals surface area contributed by atoms with Crippen LogP contribution in [-0.4, -0.2) is 10.2 Å². The van der Waals surface area contributed by atoms with Crippen molar-refractivity contribution < 1.29 is 0 Å². The zero-order chi connectivity index (χ0) is 8.10. The quantitative estimate of drug-likeness (QED) is 0.293. The van der Waals surface area contributed by atoms with Gasteiger partial charge in [0.05, 0.1) is 0 Å². The Kier molecular flexibility index (Phi) is 2.74. The van der Waals surface area contributed by atoms with Crippen LogP contribution in [0.15, 0.2) is 34.6 Å². The van der Waals surface area contributed by atoms with Gasteiger partial charge in [-0.1, -0.05) is 6.07 Å². The van der Waals surface area contributed by atoms with Crippen molar-refractivity contribution in [2.24, 2.45) is 10.9 Å². The summed E-state index contributed by atoms with van der Waals surface area (Å²) in [4.78, 5) is 3.93. The highest BCUT2D eigenvalue weighted by Crippen LogP contribution is 2.12. The molecule has 1 aromatic rings. The SMILES string of the molecule is NC(=N[O-])Sc1ccccn1. The van der Waals surface area contributed by atoms with Gasteiger partial charge >= 0.3 is 0 Å². The van der Waals surface area contributed by atoms with Crippen LogP contribution in [0.3, 0.4) is 0 Å². The van der Waals surface area contributed by atoms with Gasteiger partial charge in [-0.25, -0.2) is 4.98 Å². The predicted octanol–water partition coefficient (Wildman–Crippen LogP) is 0.986. The van der Waals surface area contributed by atoms with Crippen LogP contribution >= 0.6 is 11.8 Å². The Morgan fingerprint density at radius 2 is 2.45 bits per heavy atom. The Morgan fingerprint density at radius 1 is 1.64 bits per heavy atom. The molecule has 0 saturated heterocycles. The monoisotopic (exact) mass is 168 g/mol. The zero-order valence-corrected chi connectivity index (χ0v) is 6.41. The van der Waals surface area contributed by atoms with E-state index in [-0.39, 0.29) is 5.17 Å². The molecule has 0 fully saturated rings. The average molecular weight is 168 g/mol. The van der Waals surface area contributed by atoms with E-state index in [1.54, 1.807) is 18.3 Å². The first kappa shape index (κ1) is 7.87. The largest absolute Gasteiger partial charge is 0.790 e. The number of pyridine rings is 1. The molecule has 0 unspecified atom stereocenters. The average Bonchev–Trinajstić information content (AvgIpc) is 2.06. The van der Waals surface area contributed by atoms with Gasteiger partial charge in [-0.15, -0.1) is 0 Å².